The van der Waals surface area contributed by atoms with Gasteiger partial charge in [-0.1, -0.05) is 0 Å². The van der Waals surface area contributed by atoms with Gasteiger partial charge in [0.05, 0.1) is 7.11 Å². The third kappa shape index (κ3) is 4.65. The van der Waals surface area contributed by atoms with Crippen LogP contribution in [0.2, 0.25) is 0 Å². The summed E-state index contributed by atoms with van der Waals surface area (Å²) in [6, 6.07) is 7.58. The molecule has 3 rings (SSSR count). The summed E-state index contributed by atoms with van der Waals surface area (Å²) >= 11 is 0. The maximum atomic E-state index is 12.6. The summed E-state index contributed by atoms with van der Waals surface area (Å²) in [5, 5.41) is 3.06. The summed E-state index contributed by atoms with van der Waals surface area (Å²) in [6.07, 6.45) is 3.09. The largest absolute Gasteiger partial charge is 0.497 e. The van der Waals surface area contributed by atoms with Crippen LogP contribution in [0.5, 0.6) is 11.5 Å². The minimum atomic E-state index is -0.551. The number of likely N-dealkylation sites (tertiary alicyclic amines) is 1. The molecule has 2 fully saturated rings. The molecule has 1 aromatic carbocycles. The molecule has 2 aliphatic rings. The molecular formula is C19H26N2O4. The smallest absolute Gasteiger partial charge is 0.263 e. The first-order chi connectivity index (χ1) is 12.1. The zero-order valence-corrected chi connectivity index (χ0v) is 14.9. The van der Waals surface area contributed by atoms with Crippen molar-refractivity contribution in [3.8, 4) is 11.5 Å². The normalized spacial score (nSPS) is 19.2. The molecule has 25 heavy (non-hydrogen) atoms. The van der Waals surface area contributed by atoms with E-state index in [4.69, 9.17) is 9.47 Å². The Balaban J connectivity index is 1.46. The van der Waals surface area contributed by atoms with Crippen LogP contribution in [0.4, 0.5) is 0 Å². The fourth-order valence-electron chi connectivity index (χ4n) is 3.07. The highest BCUT2D eigenvalue weighted by molar-refractivity contribution is 5.82. The molecule has 1 unspecified atom stereocenters. The van der Waals surface area contributed by atoms with E-state index < -0.39 is 6.10 Å². The van der Waals surface area contributed by atoms with E-state index in [0.29, 0.717) is 24.9 Å². The van der Waals surface area contributed by atoms with E-state index in [0.717, 1.165) is 31.4 Å². The Kier molecular flexibility index (Phi) is 5.46. The van der Waals surface area contributed by atoms with Crippen LogP contribution in [-0.4, -0.2) is 49.1 Å². The van der Waals surface area contributed by atoms with Crippen LogP contribution >= 0.6 is 0 Å². The van der Waals surface area contributed by atoms with Gasteiger partial charge in [0.15, 0.2) is 6.10 Å². The number of amides is 2. The maximum absolute atomic E-state index is 12.6. The molecule has 0 aromatic heterocycles. The van der Waals surface area contributed by atoms with Crippen LogP contribution in [0.3, 0.4) is 0 Å². The Hall–Kier alpha value is -2.24. The van der Waals surface area contributed by atoms with Crippen molar-refractivity contribution in [1.29, 1.82) is 0 Å². The zero-order chi connectivity index (χ0) is 17.8. The van der Waals surface area contributed by atoms with Crippen LogP contribution in [0.25, 0.3) is 0 Å². The van der Waals surface area contributed by atoms with Crippen molar-refractivity contribution in [2.24, 2.45) is 5.92 Å². The Labute approximate surface area is 148 Å². The average Bonchev–Trinajstić information content (AvgIpc) is 3.45. The molecule has 136 valence electrons. The monoisotopic (exact) mass is 346 g/mol. The fraction of sp³-hybridized carbons (Fsp3) is 0.579. The molecule has 1 heterocycles. The maximum Gasteiger partial charge on any atom is 0.263 e. The highest BCUT2D eigenvalue weighted by Gasteiger charge is 2.32. The first-order valence-electron chi connectivity index (χ1n) is 8.96. The highest BCUT2D eigenvalue weighted by Crippen LogP contribution is 2.24. The molecule has 1 N–H and O–H groups in total. The van der Waals surface area contributed by atoms with Crippen LogP contribution in [0.15, 0.2) is 24.3 Å². The first kappa shape index (κ1) is 17.6. The molecule has 2 amide bonds. The van der Waals surface area contributed by atoms with Gasteiger partial charge < -0.3 is 19.7 Å². The van der Waals surface area contributed by atoms with Crippen LogP contribution < -0.4 is 14.8 Å². The summed E-state index contributed by atoms with van der Waals surface area (Å²) in [7, 11) is 1.61. The van der Waals surface area contributed by atoms with Crippen LogP contribution in [0, 0.1) is 5.92 Å². The number of nitrogens with zero attached hydrogens (tertiary/aromatic N) is 1. The second-order valence-corrected chi connectivity index (χ2v) is 6.82. The summed E-state index contributed by atoms with van der Waals surface area (Å²) < 4.78 is 10.8. The number of hydrogen-bond acceptors (Lipinski definition) is 4. The number of rotatable bonds is 6. The van der Waals surface area contributed by atoms with E-state index in [1.807, 2.05) is 0 Å². The van der Waals surface area contributed by atoms with Gasteiger partial charge >= 0.3 is 0 Å². The number of methoxy groups -OCH3 is 1. The van der Waals surface area contributed by atoms with E-state index in [1.54, 1.807) is 43.2 Å². The lowest BCUT2D eigenvalue weighted by Crippen LogP contribution is -2.47. The highest BCUT2D eigenvalue weighted by atomic mass is 16.5. The molecule has 1 aliphatic carbocycles. The third-order valence-electron chi connectivity index (χ3n) is 4.82. The average molecular weight is 346 g/mol. The second kappa shape index (κ2) is 7.76. The van der Waals surface area contributed by atoms with Gasteiger partial charge in [0.1, 0.15) is 11.5 Å². The van der Waals surface area contributed by atoms with Crippen molar-refractivity contribution in [3.63, 3.8) is 0 Å². The van der Waals surface area contributed by atoms with E-state index in [1.165, 1.54) is 0 Å². The van der Waals surface area contributed by atoms with Gasteiger partial charge in [-0.3, -0.25) is 9.59 Å². The van der Waals surface area contributed by atoms with Crippen molar-refractivity contribution in [2.45, 2.75) is 44.8 Å². The third-order valence-corrected chi connectivity index (χ3v) is 4.82. The van der Waals surface area contributed by atoms with Gasteiger partial charge in [-0.2, -0.15) is 0 Å². The molecule has 1 aliphatic heterocycles. The lowest BCUT2D eigenvalue weighted by molar-refractivity contribution is -0.141. The van der Waals surface area contributed by atoms with Crippen molar-refractivity contribution in [2.75, 3.05) is 20.2 Å². The van der Waals surface area contributed by atoms with Gasteiger partial charge in [-0.05, 0) is 56.9 Å². The number of benzene rings is 1. The Bertz CT molecular complexity index is 604. The molecule has 0 radical (unpaired) electrons. The lowest BCUT2D eigenvalue weighted by atomic mass is 9.95. The van der Waals surface area contributed by atoms with Crippen molar-refractivity contribution in [1.82, 2.24) is 10.2 Å². The van der Waals surface area contributed by atoms with E-state index in [2.05, 4.69) is 5.32 Å². The van der Waals surface area contributed by atoms with Crippen molar-refractivity contribution < 1.29 is 19.1 Å². The molecule has 6 nitrogen and oxygen atoms in total. The lowest BCUT2D eigenvalue weighted by Gasteiger charge is -2.33. The van der Waals surface area contributed by atoms with Crippen LogP contribution in [0.1, 0.15) is 32.6 Å². The number of carbonyl (C=O) groups is 2. The molecule has 6 heteroatoms. The van der Waals surface area contributed by atoms with Gasteiger partial charge in [0.25, 0.3) is 5.91 Å². The fourth-order valence-corrected chi connectivity index (χ4v) is 3.07. The Morgan fingerprint density at radius 1 is 1.08 bits per heavy atom. The zero-order valence-electron chi connectivity index (χ0n) is 14.9. The molecule has 1 saturated heterocycles. The predicted octanol–water partition coefficient (Wildman–Crippen LogP) is 1.98. The number of piperidine rings is 1. The van der Waals surface area contributed by atoms with E-state index in [9.17, 15) is 9.59 Å². The quantitative estimate of drug-likeness (QED) is 0.855. The van der Waals surface area contributed by atoms with Crippen molar-refractivity contribution in [3.05, 3.63) is 24.3 Å². The van der Waals surface area contributed by atoms with Gasteiger partial charge in [-0.15, -0.1) is 0 Å². The summed E-state index contributed by atoms with van der Waals surface area (Å²) in [5.41, 5.74) is 0. The molecule has 1 aromatic rings. The number of nitrogens with one attached hydrogen (secondary N) is 1. The number of hydrogen-bond donors (Lipinski definition) is 1. The van der Waals surface area contributed by atoms with Crippen molar-refractivity contribution >= 4 is 11.8 Å². The van der Waals surface area contributed by atoms with E-state index in [-0.39, 0.29) is 17.7 Å². The summed E-state index contributed by atoms with van der Waals surface area (Å²) in [5.74, 6) is 1.54. The second-order valence-electron chi connectivity index (χ2n) is 6.82. The van der Waals surface area contributed by atoms with E-state index >= 15 is 0 Å². The molecule has 0 spiro atoms. The van der Waals surface area contributed by atoms with Gasteiger partial charge in [0, 0.05) is 25.0 Å². The molecule has 0 bridgehead atoms. The molecule has 1 saturated carbocycles. The first-order valence-corrected chi connectivity index (χ1v) is 8.96. The number of ether oxygens (including phenoxy) is 2. The summed E-state index contributed by atoms with van der Waals surface area (Å²) in [4.78, 5) is 26.5. The molecular weight excluding hydrogens is 320 g/mol. The summed E-state index contributed by atoms with van der Waals surface area (Å²) in [6.45, 7) is 2.98. The Morgan fingerprint density at radius 3 is 2.24 bits per heavy atom. The predicted molar refractivity (Wildman–Crippen MR) is 93.6 cm³/mol. The van der Waals surface area contributed by atoms with Gasteiger partial charge in [0.2, 0.25) is 5.91 Å². The minimum Gasteiger partial charge on any atom is -0.497 e. The minimum absolute atomic E-state index is 0.0301. The Morgan fingerprint density at radius 2 is 1.68 bits per heavy atom. The van der Waals surface area contributed by atoms with Crippen LogP contribution in [-0.2, 0) is 9.59 Å². The topological polar surface area (TPSA) is 67.9 Å². The SMILES string of the molecule is COc1ccc(OC(C)C(=O)N2CCC(C(=O)NC3CC3)CC2)cc1. The molecule has 1 atom stereocenters. The standard InChI is InChI=1S/C19H26N2O4/c1-13(25-17-7-5-16(24-2)6-8-17)19(23)21-11-9-14(10-12-21)18(22)20-15-3-4-15/h5-8,13-15H,3-4,9-12H2,1-2H3,(H,20,22). The number of carbonyl (C=O) groups excluding carboxylic acids is 2. The van der Waals surface area contributed by atoms with Gasteiger partial charge in [-0.25, -0.2) is 0 Å².